The molecule has 1 rings (SSSR count). The highest BCUT2D eigenvalue weighted by Gasteiger charge is 2.14. The molecule has 0 aliphatic carbocycles. The zero-order valence-electron chi connectivity index (χ0n) is 13.3. The Hall–Kier alpha value is -1.91. The van der Waals surface area contributed by atoms with Gasteiger partial charge in [-0.15, -0.1) is 0 Å². The molecule has 0 aliphatic heterocycles. The number of unbranched alkanes of at least 4 members (excludes halogenated alkanes) is 1. The number of amides is 2. The van der Waals surface area contributed by atoms with Crippen LogP contribution in [0.2, 0.25) is 0 Å². The van der Waals surface area contributed by atoms with E-state index in [9.17, 15) is 14.0 Å². The minimum absolute atomic E-state index is 0.208. The molecule has 0 saturated heterocycles. The molecule has 0 heterocycles. The van der Waals surface area contributed by atoms with Crippen molar-refractivity contribution in [3.05, 3.63) is 35.6 Å². The molecule has 0 radical (unpaired) electrons. The van der Waals surface area contributed by atoms with Crippen LogP contribution < -0.4 is 10.6 Å². The number of carbonyl (C=O) groups is 2. The summed E-state index contributed by atoms with van der Waals surface area (Å²) in [6, 6.07) is 5.79. The van der Waals surface area contributed by atoms with Crippen molar-refractivity contribution in [3.63, 3.8) is 0 Å². The highest BCUT2D eigenvalue weighted by Crippen LogP contribution is 2.11. The Balaban J connectivity index is 2.32. The Morgan fingerprint density at radius 1 is 1.09 bits per heavy atom. The maximum absolute atomic E-state index is 12.8. The molecule has 2 amide bonds. The van der Waals surface area contributed by atoms with Crippen molar-refractivity contribution in [2.75, 3.05) is 6.54 Å². The summed E-state index contributed by atoms with van der Waals surface area (Å²) in [5.74, 6) is -1.19. The molecule has 5 heteroatoms. The topological polar surface area (TPSA) is 58.2 Å². The molecule has 0 bridgehead atoms. The number of nitrogens with one attached hydrogen (secondary N) is 2. The van der Waals surface area contributed by atoms with E-state index in [2.05, 4.69) is 24.5 Å². The van der Waals surface area contributed by atoms with E-state index in [4.69, 9.17) is 0 Å². The quantitative estimate of drug-likeness (QED) is 0.726. The van der Waals surface area contributed by atoms with Gasteiger partial charge < -0.3 is 10.6 Å². The molecule has 0 aliphatic rings. The molecule has 0 unspecified atom stereocenters. The second-order valence-corrected chi connectivity index (χ2v) is 5.44. The first-order valence-electron chi connectivity index (χ1n) is 7.87. The average Bonchev–Trinajstić information content (AvgIpc) is 2.54. The molecule has 0 spiro atoms. The molecule has 1 aromatic rings. The molecule has 2 N–H and O–H groups in total. The van der Waals surface area contributed by atoms with Gasteiger partial charge in [0.15, 0.2) is 0 Å². The average molecular weight is 308 g/mol. The summed E-state index contributed by atoms with van der Waals surface area (Å²) in [5.41, 5.74) is 0.747. The lowest BCUT2D eigenvalue weighted by atomic mass is 9.99. The second-order valence-electron chi connectivity index (χ2n) is 5.44. The van der Waals surface area contributed by atoms with E-state index in [0.29, 0.717) is 12.5 Å². The Kier molecular flexibility index (Phi) is 8.18. The van der Waals surface area contributed by atoms with Crippen LogP contribution in [0, 0.1) is 11.7 Å². The number of benzene rings is 1. The first kappa shape index (κ1) is 18.1. The SMILES string of the molecule is CCCC[C@H](CC)CNC(=O)C(=O)NCc1ccc(F)cc1. The van der Waals surface area contributed by atoms with Gasteiger partial charge in [-0.1, -0.05) is 45.2 Å². The van der Waals surface area contributed by atoms with Crippen LogP contribution in [-0.2, 0) is 16.1 Å². The number of rotatable bonds is 8. The lowest BCUT2D eigenvalue weighted by Gasteiger charge is -2.15. The summed E-state index contributed by atoms with van der Waals surface area (Å²) in [4.78, 5) is 23.4. The summed E-state index contributed by atoms with van der Waals surface area (Å²) >= 11 is 0. The van der Waals surface area contributed by atoms with Crippen molar-refractivity contribution in [1.82, 2.24) is 10.6 Å². The van der Waals surface area contributed by atoms with E-state index < -0.39 is 11.8 Å². The lowest BCUT2D eigenvalue weighted by molar-refractivity contribution is -0.139. The zero-order chi connectivity index (χ0) is 16.4. The van der Waals surface area contributed by atoms with Gasteiger partial charge in [0.25, 0.3) is 0 Å². The number of hydrogen-bond acceptors (Lipinski definition) is 2. The van der Waals surface area contributed by atoms with Crippen molar-refractivity contribution in [1.29, 1.82) is 0 Å². The molecule has 4 nitrogen and oxygen atoms in total. The summed E-state index contributed by atoms with van der Waals surface area (Å²) in [5, 5.41) is 5.21. The van der Waals surface area contributed by atoms with Crippen LogP contribution in [-0.4, -0.2) is 18.4 Å². The largest absolute Gasteiger partial charge is 0.348 e. The Morgan fingerprint density at radius 3 is 2.32 bits per heavy atom. The molecule has 0 aromatic heterocycles. The molecular weight excluding hydrogens is 283 g/mol. The highest BCUT2D eigenvalue weighted by molar-refractivity contribution is 6.35. The molecule has 122 valence electrons. The fourth-order valence-electron chi connectivity index (χ4n) is 2.13. The van der Waals surface area contributed by atoms with Crippen molar-refractivity contribution in [2.24, 2.45) is 5.92 Å². The van der Waals surface area contributed by atoms with Gasteiger partial charge in [0.2, 0.25) is 0 Å². The van der Waals surface area contributed by atoms with E-state index in [1.165, 1.54) is 12.1 Å². The van der Waals surface area contributed by atoms with Gasteiger partial charge in [-0.25, -0.2) is 4.39 Å². The van der Waals surface area contributed by atoms with Gasteiger partial charge >= 0.3 is 11.8 Å². The zero-order valence-corrected chi connectivity index (χ0v) is 13.3. The van der Waals surface area contributed by atoms with Crippen LogP contribution in [0.1, 0.15) is 45.1 Å². The molecular formula is C17H25FN2O2. The summed E-state index contributed by atoms with van der Waals surface area (Å²) in [7, 11) is 0. The van der Waals surface area contributed by atoms with E-state index in [1.807, 2.05) is 0 Å². The molecule has 1 aromatic carbocycles. The fraction of sp³-hybridized carbons (Fsp3) is 0.529. The number of hydrogen-bond donors (Lipinski definition) is 2. The third kappa shape index (κ3) is 6.70. The second kappa shape index (κ2) is 9.92. The number of halogens is 1. The third-order valence-electron chi connectivity index (χ3n) is 3.67. The van der Waals surface area contributed by atoms with Crippen LogP contribution in [0.25, 0.3) is 0 Å². The van der Waals surface area contributed by atoms with Crippen molar-refractivity contribution >= 4 is 11.8 Å². The number of carbonyl (C=O) groups excluding carboxylic acids is 2. The monoisotopic (exact) mass is 308 g/mol. The smallest absolute Gasteiger partial charge is 0.309 e. The Labute approximate surface area is 131 Å². The summed E-state index contributed by atoms with van der Waals surface area (Å²) < 4.78 is 12.8. The van der Waals surface area contributed by atoms with Crippen molar-refractivity contribution in [3.8, 4) is 0 Å². The maximum Gasteiger partial charge on any atom is 0.309 e. The minimum atomic E-state index is -0.658. The van der Waals surface area contributed by atoms with Crippen LogP contribution in [0.3, 0.4) is 0 Å². The molecule has 0 fully saturated rings. The van der Waals surface area contributed by atoms with Gasteiger partial charge in [-0.3, -0.25) is 9.59 Å². The highest BCUT2D eigenvalue weighted by atomic mass is 19.1. The van der Waals surface area contributed by atoms with Gasteiger partial charge in [0.1, 0.15) is 5.82 Å². The Morgan fingerprint density at radius 2 is 1.73 bits per heavy atom. The van der Waals surface area contributed by atoms with Crippen molar-refractivity contribution in [2.45, 2.75) is 46.1 Å². The summed E-state index contributed by atoms with van der Waals surface area (Å²) in [6.07, 6.45) is 4.30. The maximum atomic E-state index is 12.8. The third-order valence-corrected chi connectivity index (χ3v) is 3.67. The van der Waals surface area contributed by atoms with E-state index in [0.717, 1.165) is 31.2 Å². The standard InChI is InChI=1S/C17H25FN2O2/c1-3-5-6-13(4-2)11-19-16(21)17(22)20-12-14-7-9-15(18)10-8-14/h7-10,13H,3-6,11-12H2,1-2H3,(H,19,21)(H,20,22)/t13-/m0/s1. The van der Waals surface area contributed by atoms with Crippen LogP contribution in [0.4, 0.5) is 4.39 Å². The minimum Gasteiger partial charge on any atom is -0.348 e. The molecule has 0 saturated carbocycles. The lowest BCUT2D eigenvalue weighted by Crippen LogP contribution is -2.41. The predicted molar refractivity (Wildman–Crippen MR) is 84.6 cm³/mol. The van der Waals surface area contributed by atoms with Gasteiger partial charge in [0, 0.05) is 13.1 Å². The first-order valence-corrected chi connectivity index (χ1v) is 7.87. The predicted octanol–water partition coefficient (Wildman–Crippen LogP) is 2.77. The van der Waals surface area contributed by atoms with Crippen LogP contribution in [0.5, 0.6) is 0 Å². The van der Waals surface area contributed by atoms with E-state index in [-0.39, 0.29) is 12.4 Å². The summed E-state index contributed by atoms with van der Waals surface area (Å²) in [6.45, 7) is 4.95. The van der Waals surface area contributed by atoms with Gasteiger partial charge in [0.05, 0.1) is 0 Å². The Bertz CT molecular complexity index is 474. The van der Waals surface area contributed by atoms with Crippen LogP contribution >= 0.6 is 0 Å². The molecule has 1 atom stereocenters. The van der Waals surface area contributed by atoms with E-state index >= 15 is 0 Å². The van der Waals surface area contributed by atoms with Crippen LogP contribution in [0.15, 0.2) is 24.3 Å². The van der Waals surface area contributed by atoms with Gasteiger partial charge in [-0.2, -0.15) is 0 Å². The first-order chi connectivity index (χ1) is 10.6. The van der Waals surface area contributed by atoms with Gasteiger partial charge in [-0.05, 0) is 30.0 Å². The molecule has 22 heavy (non-hydrogen) atoms. The fourth-order valence-corrected chi connectivity index (χ4v) is 2.13. The van der Waals surface area contributed by atoms with Crippen molar-refractivity contribution < 1.29 is 14.0 Å². The van der Waals surface area contributed by atoms with E-state index in [1.54, 1.807) is 12.1 Å². The normalized spacial score (nSPS) is 11.8.